The second-order valence-corrected chi connectivity index (χ2v) is 9.07. The minimum absolute atomic E-state index is 0.0790. The summed E-state index contributed by atoms with van der Waals surface area (Å²) in [4.78, 5) is 24.0. The predicted molar refractivity (Wildman–Crippen MR) is 117 cm³/mol. The summed E-state index contributed by atoms with van der Waals surface area (Å²) in [6.07, 6.45) is 3.01. The Morgan fingerprint density at radius 2 is 1.87 bits per heavy atom. The zero-order chi connectivity index (χ0) is 21.9. The topological polar surface area (TPSA) is 107 Å². The van der Waals surface area contributed by atoms with Gasteiger partial charge in [-0.2, -0.15) is 8.42 Å². The average Bonchev–Trinajstić information content (AvgIpc) is 2.97. The van der Waals surface area contributed by atoms with Gasteiger partial charge in [-0.3, -0.25) is 19.8 Å². The van der Waals surface area contributed by atoms with E-state index in [1.807, 2.05) is 0 Å². The SMILES string of the molecule is C=CCN1C(=O)/C(=C\c2ccccc2OS(=O)(=O)c2ccccc2[N+](=O)[O-])SC1=S. The highest BCUT2D eigenvalue weighted by Crippen LogP contribution is 2.35. The molecule has 11 heteroatoms. The summed E-state index contributed by atoms with van der Waals surface area (Å²) in [5, 5.41) is 11.2. The molecule has 0 aliphatic carbocycles. The summed E-state index contributed by atoms with van der Waals surface area (Å²) in [6, 6.07) is 11.0. The Morgan fingerprint density at radius 1 is 1.20 bits per heavy atom. The van der Waals surface area contributed by atoms with Crippen LogP contribution in [0, 0.1) is 10.1 Å². The number of nitrogens with zero attached hydrogens (tertiary/aromatic N) is 2. The van der Waals surface area contributed by atoms with Crippen molar-refractivity contribution in [1.29, 1.82) is 0 Å². The number of thiocarbonyl (C=S) groups is 1. The normalized spacial score (nSPS) is 15.5. The Hall–Kier alpha value is -3.02. The van der Waals surface area contributed by atoms with Gasteiger partial charge in [-0.1, -0.05) is 60.4 Å². The van der Waals surface area contributed by atoms with Crippen molar-refractivity contribution in [2.75, 3.05) is 6.54 Å². The van der Waals surface area contributed by atoms with Crippen molar-refractivity contribution < 1.29 is 22.3 Å². The van der Waals surface area contributed by atoms with E-state index in [1.165, 1.54) is 29.2 Å². The Bertz CT molecular complexity index is 1190. The lowest BCUT2D eigenvalue weighted by Gasteiger charge is -2.11. The van der Waals surface area contributed by atoms with E-state index in [4.69, 9.17) is 16.4 Å². The first kappa shape index (κ1) is 21.7. The largest absolute Gasteiger partial charge is 0.378 e. The Morgan fingerprint density at radius 3 is 2.57 bits per heavy atom. The lowest BCUT2D eigenvalue weighted by atomic mass is 10.2. The first-order chi connectivity index (χ1) is 14.2. The lowest BCUT2D eigenvalue weighted by molar-refractivity contribution is -0.387. The zero-order valence-corrected chi connectivity index (χ0v) is 17.7. The maximum Gasteiger partial charge on any atom is 0.346 e. The molecule has 1 aliphatic rings. The van der Waals surface area contributed by atoms with Gasteiger partial charge in [0.25, 0.3) is 11.6 Å². The minimum Gasteiger partial charge on any atom is -0.378 e. The molecule has 1 heterocycles. The van der Waals surface area contributed by atoms with Gasteiger partial charge in [-0.25, -0.2) is 0 Å². The summed E-state index contributed by atoms with van der Waals surface area (Å²) in [5.41, 5.74) is -0.293. The molecule has 2 aromatic rings. The first-order valence-corrected chi connectivity index (χ1v) is 11.0. The molecule has 30 heavy (non-hydrogen) atoms. The van der Waals surface area contributed by atoms with E-state index in [9.17, 15) is 23.3 Å². The van der Waals surface area contributed by atoms with E-state index >= 15 is 0 Å². The molecule has 0 aromatic heterocycles. The monoisotopic (exact) mass is 462 g/mol. The van der Waals surface area contributed by atoms with Gasteiger partial charge >= 0.3 is 10.1 Å². The molecule has 0 saturated carbocycles. The minimum atomic E-state index is -4.50. The van der Waals surface area contributed by atoms with Crippen LogP contribution in [0.2, 0.25) is 0 Å². The number of rotatable bonds is 7. The number of amides is 1. The summed E-state index contributed by atoms with van der Waals surface area (Å²) in [7, 11) is -4.50. The van der Waals surface area contributed by atoms with Crippen LogP contribution >= 0.6 is 24.0 Å². The van der Waals surface area contributed by atoms with Crippen LogP contribution < -0.4 is 4.18 Å². The van der Waals surface area contributed by atoms with Crippen molar-refractivity contribution >= 4 is 56.1 Å². The van der Waals surface area contributed by atoms with Crippen molar-refractivity contribution in [3.63, 3.8) is 0 Å². The molecule has 1 aliphatic heterocycles. The number of nitro benzene ring substituents is 1. The molecular formula is C19H14N2O6S3. The molecule has 0 spiro atoms. The van der Waals surface area contributed by atoms with E-state index in [2.05, 4.69) is 6.58 Å². The van der Waals surface area contributed by atoms with Crippen LogP contribution in [0.25, 0.3) is 6.08 Å². The maximum atomic E-state index is 12.7. The fourth-order valence-corrected chi connectivity index (χ4v) is 4.97. The van der Waals surface area contributed by atoms with E-state index < -0.39 is 25.6 Å². The number of thioether (sulfide) groups is 1. The molecule has 0 radical (unpaired) electrons. The molecular weight excluding hydrogens is 448 g/mol. The molecule has 0 atom stereocenters. The van der Waals surface area contributed by atoms with Crippen LogP contribution in [0.15, 0.2) is 71.0 Å². The molecule has 1 fully saturated rings. The van der Waals surface area contributed by atoms with Crippen LogP contribution in [0.4, 0.5) is 5.69 Å². The van der Waals surface area contributed by atoms with Crippen LogP contribution in [0.3, 0.4) is 0 Å². The Balaban J connectivity index is 1.98. The van der Waals surface area contributed by atoms with E-state index in [0.717, 1.165) is 23.9 Å². The maximum absolute atomic E-state index is 12.7. The highest BCUT2D eigenvalue weighted by atomic mass is 32.2. The second kappa shape index (κ2) is 8.78. The quantitative estimate of drug-likeness (QED) is 0.153. The lowest BCUT2D eigenvalue weighted by Crippen LogP contribution is -2.27. The highest BCUT2D eigenvalue weighted by molar-refractivity contribution is 8.26. The molecule has 1 saturated heterocycles. The first-order valence-electron chi connectivity index (χ1n) is 8.38. The Labute approximate surface area is 182 Å². The third kappa shape index (κ3) is 4.42. The number of carbonyl (C=O) groups excluding carboxylic acids is 1. The van der Waals surface area contributed by atoms with E-state index in [-0.39, 0.29) is 18.2 Å². The van der Waals surface area contributed by atoms with Gasteiger partial charge in [0, 0.05) is 18.2 Å². The van der Waals surface area contributed by atoms with Gasteiger partial charge < -0.3 is 4.18 Å². The van der Waals surface area contributed by atoms with Crippen molar-refractivity contribution in [3.05, 3.63) is 81.8 Å². The van der Waals surface area contributed by atoms with Crippen LogP contribution in [0.1, 0.15) is 5.56 Å². The number of hydrogen-bond acceptors (Lipinski definition) is 8. The highest BCUT2D eigenvalue weighted by Gasteiger charge is 2.32. The molecule has 0 unspecified atom stereocenters. The van der Waals surface area contributed by atoms with Gasteiger partial charge in [0.05, 0.1) is 9.83 Å². The second-order valence-electron chi connectivity index (χ2n) is 5.88. The number of para-hydroxylation sites is 2. The van der Waals surface area contributed by atoms with Gasteiger partial charge in [-0.05, 0) is 18.2 Å². The number of carbonyl (C=O) groups is 1. The number of nitro groups is 1. The smallest absolute Gasteiger partial charge is 0.346 e. The fraction of sp³-hybridized carbons (Fsp3) is 0.0526. The summed E-state index contributed by atoms with van der Waals surface area (Å²) < 4.78 is 31.0. The van der Waals surface area contributed by atoms with Crippen LogP contribution in [-0.2, 0) is 14.9 Å². The average molecular weight is 463 g/mol. The molecule has 8 nitrogen and oxygen atoms in total. The van der Waals surface area contributed by atoms with Crippen molar-refractivity contribution in [1.82, 2.24) is 4.90 Å². The molecule has 154 valence electrons. The van der Waals surface area contributed by atoms with E-state index in [1.54, 1.807) is 24.3 Å². The summed E-state index contributed by atoms with van der Waals surface area (Å²) in [6.45, 7) is 3.84. The number of benzene rings is 2. The molecule has 0 bridgehead atoms. The van der Waals surface area contributed by atoms with Gasteiger partial charge in [0.1, 0.15) is 10.1 Å². The molecule has 0 N–H and O–H groups in total. The predicted octanol–water partition coefficient (Wildman–Crippen LogP) is 3.75. The summed E-state index contributed by atoms with van der Waals surface area (Å²) >= 11 is 6.26. The van der Waals surface area contributed by atoms with E-state index in [0.29, 0.717) is 14.8 Å². The molecule has 3 rings (SSSR count). The van der Waals surface area contributed by atoms with Gasteiger partial charge in [0.15, 0.2) is 4.90 Å². The summed E-state index contributed by atoms with van der Waals surface area (Å²) in [5.74, 6) is -0.411. The van der Waals surface area contributed by atoms with Crippen molar-refractivity contribution in [2.24, 2.45) is 0 Å². The Kier molecular flexibility index (Phi) is 6.34. The fourth-order valence-electron chi connectivity index (χ4n) is 2.59. The standard InChI is InChI=1S/C19H14N2O6S3/c1-2-11-20-18(22)16(29-19(20)28)12-13-7-3-5-9-15(13)27-30(25,26)17-10-6-4-8-14(17)21(23)24/h2-10,12H,1,11H2/b16-12+. The molecule has 2 aromatic carbocycles. The van der Waals surface area contributed by atoms with Gasteiger partial charge in [0.2, 0.25) is 0 Å². The van der Waals surface area contributed by atoms with Gasteiger partial charge in [-0.15, -0.1) is 6.58 Å². The third-order valence-corrected chi connectivity index (χ3v) is 6.58. The van der Waals surface area contributed by atoms with Crippen LogP contribution in [-0.4, -0.2) is 35.0 Å². The van der Waals surface area contributed by atoms with Crippen LogP contribution in [0.5, 0.6) is 5.75 Å². The number of hydrogen-bond donors (Lipinski definition) is 0. The van der Waals surface area contributed by atoms with Crippen molar-refractivity contribution in [2.45, 2.75) is 4.90 Å². The third-order valence-electron chi connectivity index (χ3n) is 3.92. The zero-order valence-electron chi connectivity index (χ0n) is 15.3. The molecule has 1 amide bonds. The van der Waals surface area contributed by atoms with Crippen molar-refractivity contribution in [3.8, 4) is 5.75 Å².